The summed E-state index contributed by atoms with van der Waals surface area (Å²) in [6.45, 7) is 14.7. The van der Waals surface area contributed by atoms with Gasteiger partial charge in [0.25, 0.3) is 0 Å². The number of methoxy groups -OCH3 is 5. The zero-order valence-electron chi connectivity index (χ0n) is 33.2. The Morgan fingerprint density at radius 2 is 1.16 bits per heavy atom. The van der Waals surface area contributed by atoms with E-state index in [-0.39, 0.29) is 24.4 Å². The Hall–Kier alpha value is -4.63. The molecule has 6 rings (SSSR count). The van der Waals surface area contributed by atoms with E-state index >= 15 is 0 Å². The number of aryl methyl sites for hydroxylation is 2. The predicted octanol–water partition coefficient (Wildman–Crippen LogP) is 11.1. The highest BCUT2D eigenvalue weighted by molar-refractivity contribution is 9.09. The maximum Gasteiger partial charge on any atom is 0.203 e. The zero-order valence-corrected chi connectivity index (χ0v) is 34.8. The van der Waals surface area contributed by atoms with Gasteiger partial charge in [-0.25, -0.2) is 0 Å². The summed E-state index contributed by atoms with van der Waals surface area (Å²) in [5.41, 5.74) is 7.82. The molecular formula is C46H57BrO8. The molecule has 0 saturated carbocycles. The second-order valence-corrected chi connectivity index (χ2v) is 15.9. The quantitative estimate of drug-likeness (QED) is 0.109. The summed E-state index contributed by atoms with van der Waals surface area (Å²) in [5.74, 6) is 5.01. The lowest BCUT2D eigenvalue weighted by atomic mass is 9.91. The van der Waals surface area contributed by atoms with E-state index in [9.17, 15) is 4.79 Å². The van der Waals surface area contributed by atoms with Gasteiger partial charge in [0, 0.05) is 11.1 Å². The average molecular weight is 818 g/mol. The fourth-order valence-electron chi connectivity index (χ4n) is 6.83. The second kappa shape index (κ2) is 17.9. The Morgan fingerprint density at radius 1 is 0.709 bits per heavy atom. The lowest BCUT2D eigenvalue weighted by molar-refractivity contribution is 0.0842. The number of hydrogen-bond donors (Lipinski definition) is 0. The summed E-state index contributed by atoms with van der Waals surface area (Å²) >= 11 is 3.54. The van der Waals surface area contributed by atoms with E-state index in [0.717, 1.165) is 88.5 Å². The van der Waals surface area contributed by atoms with Crippen LogP contribution in [-0.4, -0.2) is 52.5 Å². The molecule has 1 atom stereocenters. The van der Waals surface area contributed by atoms with Crippen LogP contribution in [0.15, 0.2) is 67.2 Å². The number of Topliss-reactive ketones (excluding diaryl/α,β-unsaturated/α-hetero) is 1. The number of fused-ring (bicyclic) bond motifs is 2. The molecule has 8 nitrogen and oxygen atoms in total. The molecule has 0 fully saturated rings. The molecule has 0 saturated heterocycles. The van der Waals surface area contributed by atoms with Gasteiger partial charge in [-0.1, -0.05) is 36.0 Å². The van der Waals surface area contributed by atoms with Crippen LogP contribution in [0.4, 0.5) is 0 Å². The standard InChI is InChI=1S/C23H28O3.C22H25BrO5.CH4/c1-15(11-17-12-21(24-5)16(2)22(13-17)25-6)18-7-8-20-19(14-18)9-10-23(3,4)26-20;1-22(2)9-8-13-10-14(6-7-16(13)28-22)20(24)19(23)15-11-17(25-3)21(27-5)18(12-15)26-4;/h7-8,12-14H,1,9-11H2,2-6H3;6-7,10-12,19H,8-9H2,1-5H3;1H4. The molecule has 1 unspecified atom stereocenters. The molecule has 0 bridgehead atoms. The molecule has 4 aromatic rings. The van der Waals surface area contributed by atoms with Crippen molar-refractivity contribution in [3.05, 3.63) is 106 Å². The van der Waals surface area contributed by atoms with Gasteiger partial charge >= 0.3 is 0 Å². The van der Waals surface area contributed by atoms with Crippen molar-refractivity contribution in [3.8, 4) is 40.2 Å². The van der Waals surface area contributed by atoms with Crippen molar-refractivity contribution in [1.29, 1.82) is 0 Å². The van der Waals surface area contributed by atoms with Gasteiger partial charge in [-0.2, -0.15) is 0 Å². The van der Waals surface area contributed by atoms with Crippen LogP contribution < -0.4 is 33.2 Å². The molecule has 4 aromatic carbocycles. The Labute approximate surface area is 336 Å². The Balaban J connectivity index is 0.000000241. The number of carbonyl (C=O) groups is 1. The highest BCUT2D eigenvalue weighted by Gasteiger charge is 2.29. The fraction of sp³-hybridized carbons (Fsp3) is 0.413. The number of halogens is 1. The van der Waals surface area contributed by atoms with Gasteiger partial charge in [-0.15, -0.1) is 0 Å². The zero-order chi connectivity index (χ0) is 39.4. The van der Waals surface area contributed by atoms with Gasteiger partial charge in [-0.05, 0) is 155 Å². The lowest BCUT2D eigenvalue weighted by Crippen LogP contribution is -2.32. The largest absolute Gasteiger partial charge is 0.496 e. The van der Waals surface area contributed by atoms with E-state index in [0.29, 0.717) is 22.8 Å². The maximum atomic E-state index is 13.1. The highest BCUT2D eigenvalue weighted by Crippen LogP contribution is 2.43. The molecule has 0 N–H and O–H groups in total. The van der Waals surface area contributed by atoms with Gasteiger partial charge in [0.1, 0.15) is 39.0 Å². The summed E-state index contributed by atoms with van der Waals surface area (Å²) < 4.78 is 39.2. The number of rotatable bonds is 11. The van der Waals surface area contributed by atoms with Gasteiger partial charge in [0.2, 0.25) is 5.75 Å². The third-order valence-corrected chi connectivity index (χ3v) is 11.0. The maximum absolute atomic E-state index is 13.1. The minimum absolute atomic E-state index is 0. The number of hydrogen-bond acceptors (Lipinski definition) is 8. The summed E-state index contributed by atoms with van der Waals surface area (Å²) in [6, 6.07) is 19.7. The second-order valence-electron chi connectivity index (χ2n) is 15.0. The summed E-state index contributed by atoms with van der Waals surface area (Å²) in [5, 5.41) is 0. The summed E-state index contributed by atoms with van der Waals surface area (Å²) in [6.07, 6.45) is 4.62. The van der Waals surface area contributed by atoms with E-state index in [1.807, 2.05) is 25.1 Å². The van der Waals surface area contributed by atoms with Crippen molar-refractivity contribution in [2.45, 2.75) is 90.2 Å². The van der Waals surface area contributed by atoms with E-state index in [2.05, 4.69) is 80.5 Å². The van der Waals surface area contributed by atoms with Crippen LogP contribution in [0.3, 0.4) is 0 Å². The summed E-state index contributed by atoms with van der Waals surface area (Å²) in [7, 11) is 8.03. The monoisotopic (exact) mass is 816 g/mol. The van der Waals surface area contributed by atoms with Crippen LogP contribution in [0.5, 0.6) is 40.2 Å². The highest BCUT2D eigenvalue weighted by atomic mass is 79.9. The Kier molecular flexibility index (Phi) is 14.0. The molecule has 0 aromatic heterocycles. The molecule has 2 aliphatic heterocycles. The van der Waals surface area contributed by atoms with Crippen LogP contribution >= 0.6 is 15.9 Å². The van der Waals surface area contributed by atoms with Gasteiger partial charge in [0.15, 0.2) is 17.3 Å². The number of alkyl halides is 1. The SMILES string of the molecule is C.C=C(Cc1cc(OC)c(C)c(OC)c1)c1ccc2c(c1)CCC(C)(C)O2.COc1cc(C(Br)C(=O)c2ccc3c(c2)CCC(C)(C)O3)cc(OC)c1OC. The Bertz CT molecular complexity index is 1960. The number of ketones is 1. The first-order valence-corrected chi connectivity index (χ1v) is 19.1. The van der Waals surface area contributed by atoms with Gasteiger partial charge in [0.05, 0.1) is 35.5 Å². The average Bonchev–Trinajstić information content (AvgIpc) is 3.16. The molecule has 296 valence electrons. The lowest BCUT2D eigenvalue weighted by Gasteiger charge is -2.32. The first-order chi connectivity index (χ1) is 25.6. The minimum Gasteiger partial charge on any atom is -0.496 e. The predicted molar refractivity (Wildman–Crippen MR) is 225 cm³/mol. The first kappa shape index (κ1) is 43.1. The molecule has 0 radical (unpaired) electrons. The summed E-state index contributed by atoms with van der Waals surface area (Å²) in [4.78, 5) is 12.6. The van der Waals surface area contributed by atoms with Crippen molar-refractivity contribution < 1.29 is 38.0 Å². The van der Waals surface area contributed by atoms with Gasteiger partial charge in [-0.3, -0.25) is 4.79 Å². The molecule has 0 spiro atoms. The molecule has 55 heavy (non-hydrogen) atoms. The number of benzene rings is 4. The van der Waals surface area contributed by atoms with Crippen molar-refractivity contribution >= 4 is 27.3 Å². The Morgan fingerprint density at radius 3 is 1.62 bits per heavy atom. The molecule has 0 aliphatic carbocycles. The fourth-order valence-corrected chi connectivity index (χ4v) is 7.36. The number of carbonyl (C=O) groups excluding carboxylic acids is 1. The van der Waals surface area contributed by atoms with E-state index < -0.39 is 4.83 Å². The molecule has 2 aliphatic rings. The number of allylic oxidation sites excluding steroid dienone is 1. The van der Waals surface area contributed by atoms with Crippen LogP contribution in [0.25, 0.3) is 5.57 Å². The normalized spacial score (nSPS) is 15.1. The first-order valence-electron chi connectivity index (χ1n) is 18.1. The van der Waals surface area contributed by atoms with Crippen molar-refractivity contribution in [2.75, 3.05) is 35.5 Å². The van der Waals surface area contributed by atoms with E-state index in [4.69, 9.17) is 33.2 Å². The van der Waals surface area contributed by atoms with Crippen LogP contribution in [-0.2, 0) is 19.3 Å². The van der Waals surface area contributed by atoms with Crippen molar-refractivity contribution in [3.63, 3.8) is 0 Å². The van der Waals surface area contributed by atoms with Crippen LogP contribution in [0, 0.1) is 6.92 Å². The third-order valence-electron chi connectivity index (χ3n) is 10.0. The number of ether oxygens (including phenoxy) is 7. The molecule has 0 amide bonds. The van der Waals surface area contributed by atoms with Crippen LogP contribution in [0.2, 0.25) is 0 Å². The van der Waals surface area contributed by atoms with E-state index in [1.165, 1.54) is 5.56 Å². The third kappa shape index (κ3) is 9.98. The molecule has 9 heteroatoms. The van der Waals surface area contributed by atoms with Crippen molar-refractivity contribution in [1.82, 2.24) is 0 Å². The van der Waals surface area contributed by atoms with E-state index in [1.54, 1.807) is 47.7 Å². The molecular weight excluding hydrogens is 760 g/mol. The topological polar surface area (TPSA) is 81.7 Å². The van der Waals surface area contributed by atoms with Crippen LogP contribution in [0.1, 0.15) is 96.5 Å². The minimum atomic E-state index is -0.541. The molecule has 2 heterocycles. The van der Waals surface area contributed by atoms with Gasteiger partial charge < -0.3 is 33.2 Å². The smallest absolute Gasteiger partial charge is 0.203 e. The van der Waals surface area contributed by atoms with Crippen molar-refractivity contribution in [2.24, 2.45) is 0 Å².